The summed E-state index contributed by atoms with van der Waals surface area (Å²) in [7, 11) is 0. The fourth-order valence-electron chi connectivity index (χ4n) is 3.03. The highest BCUT2D eigenvalue weighted by Gasteiger charge is 2.22. The monoisotopic (exact) mass is 334 g/mol. The minimum absolute atomic E-state index is 0.0102. The third-order valence-corrected chi connectivity index (χ3v) is 4.29. The lowest BCUT2D eigenvalue weighted by Gasteiger charge is -2.21. The minimum Gasteiger partial charge on any atom is -0.491 e. The fraction of sp³-hybridized carbons (Fsp3) is 0.211. The summed E-state index contributed by atoms with van der Waals surface area (Å²) in [4.78, 5) is 18.9. The average Bonchev–Trinajstić information content (AvgIpc) is 3.05. The number of hydrogen-bond donors (Lipinski definition) is 0. The topological polar surface area (TPSA) is 60.2 Å². The Morgan fingerprint density at radius 2 is 1.96 bits per heavy atom. The molecule has 4 rings (SSSR count). The number of fused-ring (bicyclic) bond motifs is 1. The first-order valence-electron chi connectivity index (χ1n) is 8.21. The number of aromatic nitrogens is 3. The molecule has 1 amide bonds. The average molecular weight is 334 g/mol. The molecule has 6 nitrogen and oxygen atoms in total. The number of para-hydroxylation sites is 1. The first-order chi connectivity index (χ1) is 12.3. The lowest BCUT2D eigenvalue weighted by molar-refractivity contribution is 0.0732. The molecule has 25 heavy (non-hydrogen) atoms. The highest BCUT2D eigenvalue weighted by molar-refractivity contribution is 5.95. The quantitative estimate of drug-likeness (QED) is 0.738. The first kappa shape index (κ1) is 15.4. The van der Waals surface area contributed by atoms with Crippen LogP contribution in [0.25, 0.3) is 0 Å². The van der Waals surface area contributed by atoms with Crippen LogP contribution in [0.5, 0.6) is 5.75 Å². The van der Waals surface area contributed by atoms with Gasteiger partial charge in [0.05, 0.1) is 13.1 Å². The Morgan fingerprint density at radius 1 is 1.12 bits per heavy atom. The zero-order chi connectivity index (χ0) is 17.1. The van der Waals surface area contributed by atoms with Crippen molar-refractivity contribution in [2.24, 2.45) is 0 Å². The molecule has 1 aliphatic rings. The van der Waals surface area contributed by atoms with Gasteiger partial charge in [0.25, 0.3) is 5.91 Å². The summed E-state index contributed by atoms with van der Waals surface area (Å²) in [6.07, 6.45) is 3.14. The molecule has 0 bridgehead atoms. The van der Waals surface area contributed by atoms with Gasteiger partial charge in [0, 0.05) is 17.7 Å². The molecular weight excluding hydrogens is 316 g/mol. The van der Waals surface area contributed by atoms with Gasteiger partial charge in [-0.3, -0.25) is 4.79 Å². The van der Waals surface area contributed by atoms with Crippen LogP contribution in [-0.4, -0.2) is 38.7 Å². The predicted molar refractivity (Wildman–Crippen MR) is 92.2 cm³/mol. The molecule has 0 saturated heterocycles. The Balaban J connectivity index is 1.61. The minimum atomic E-state index is 0.0102. The number of carbonyl (C=O) groups excluding carboxylic acids is 1. The van der Waals surface area contributed by atoms with E-state index >= 15 is 0 Å². The van der Waals surface area contributed by atoms with Crippen LogP contribution in [0.4, 0.5) is 0 Å². The Labute approximate surface area is 145 Å². The van der Waals surface area contributed by atoms with E-state index in [1.165, 1.54) is 6.33 Å². The molecule has 0 unspecified atom stereocenters. The second-order valence-electron chi connectivity index (χ2n) is 5.93. The zero-order valence-corrected chi connectivity index (χ0v) is 13.7. The van der Waals surface area contributed by atoms with E-state index in [-0.39, 0.29) is 5.91 Å². The maximum Gasteiger partial charge on any atom is 0.254 e. The Kier molecular flexibility index (Phi) is 4.16. The normalized spacial score (nSPS) is 13.7. The number of rotatable bonds is 3. The molecule has 0 fully saturated rings. The highest BCUT2D eigenvalue weighted by Crippen LogP contribution is 2.24. The molecule has 0 spiro atoms. The van der Waals surface area contributed by atoms with Crippen LogP contribution in [-0.2, 0) is 13.1 Å². The second-order valence-corrected chi connectivity index (χ2v) is 5.93. The summed E-state index contributed by atoms with van der Waals surface area (Å²) >= 11 is 0. The molecule has 0 radical (unpaired) electrons. The molecule has 0 aliphatic carbocycles. The van der Waals surface area contributed by atoms with Crippen LogP contribution in [0.3, 0.4) is 0 Å². The van der Waals surface area contributed by atoms with E-state index in [0.717, 1.165) is 16.9 Å². The van der Waals surface area contributed by atoms with E-state index in [1.807, 2.05) is 53.4 Å². The number of hydrogen-bond acceptors (Lipinski definition) is 4. The molecule has 126 valence electrons. The summed E-state index contributed by atoms with van der Waals surface area (Å²) in [5, 5.41) is 4.13. The lowest BCUT2D eigenvalue weighted by Crippen LogP contribution is -2.33. The van der Waals surface area contributed by atoms with Gasteiger partial charge in [0.2, 0.25) is 0 Å². The summed E-state index contributed by atoms with van der Waals surface area (Å²) in [6.45, 7) is 2.12. The summed E-state index contributed by atoms with van der Waals surface area (Å²) in [5.74, 6) is 0.865. The summed E-state index contributed by atoms with van der Waals surface area (Å²) < 4.78 is 7.48. The fourth-order valence-corrected chi connectivity index (χ4v) is 3.03. The van der Waals surface area contributed by atoms with Crippen LogP contribution in [0.15, 0.2) is 61.2 Å². The zero-order valence-electron chi connectivity index (χ0n) is 13.7. The number of amides is 1. The predicted octanol–water partition coefficient (Wildman–Crippen LogP) is 2.36. The molecule has 6 heteroatoms. The van der Waals surface area contributed by atoms with Crippen LogP contribution >= 0.6 is 0 Å². The lowest BCUT2D eigenvalue weighted by atomic mass is 10.1. The summed E-state index contributed by atoms with van der Waals surface area (Å²) in [6, 6.07) is 15.5. The van der Waals surface area contributed by atoms with Crippen molar-refractivity contribution in [3.8, 4) is 5.75 Å². The van der Waals surface area contributed by atoms with E-state index in [9.17, 15) is 4.79 Å². The molecule has 0 saturated carbocycles. The van der Waals surface area contributed by atoms with Gasteiger partial charge in [-0.15, -0.1) is 0 Å². The number of ether oxygens (including phenoxy) is 1. The molecule has 0 atom stereocenters. The maximum atomic E-state index is 13.1. The van der Waals surface area contributed by atoms with Gasteiger partial charge in [0.1, 0.15) is 25.0 Å². The van der Waals surface area contributed by atoms with Crippen molar-refractivity contribution >= 4 is 5.91 Å². The van der Waals surface area contributed by atoms with E-state index < -0.39 is 0 Å². The summed E-state index contributed by atoms with van der Waals surface area (Å²) in [5.41, 5.74) is 2.65. The van der Waals surface area contributed by atoms with Crippen molar-refractivity contribution in [3.63, 3.8) is 0 Å². The van der Waals surface area contributed by atoms with Crippen molar-refractivity contribution in [1.29, 1.82) is 0 Å². The Hall–Kier alpha value is -3.15. The SMILES string of the molecule is O=C(c1ccccc1Cn1cncn1)N1CCOc2ccccc2C1. The van der Waals surface area contributed by atoms with Gasteiger partial charge in [-0.25, -0.2) is 9.67 Å². The van der Waals surface area contributed by atoms with E-state index in [4.69, 9.17) is 4.74 Å². The van der Waals surface area contributed by atoms with E-state index in [1.54, 1.807) is 11.0 Å². The van der Waals surface area contributed by atoms with Crippen LogP contribution in [0, 0.1) is 0 Å². The third kappa shape index (κ3) is 3.24. The van der Waals surface area contributed by atoms with Gasteiger partial charge in [-0.1, -0.05) is 36.4 Å². The highest BCUT2D eigenvalue weighted by atomic mass is 16.5. The van der Waals surface area contributed by atoms with Crippen molar-refractivity contribution in [3.05, 3.63) is 77.9 Å². The largest absolute Gasteiger partial charge is 0.491 e. The molecule has 2 heterocycles. The van der Waals surface area contributed by atoms with Crippen molar-refractivity contribution in [1.82, 2.24) is 19.7 Å². The van der Waals surface area contributed by atoms with Gasteiger partial charge in [-0.2, -0.15) is 5.10 Å². The smallest absolute Gasteiger partial charge is 0.254 e. The Morgan fingerprint density at radius 3 is 2.84 bits per heavy atom. The number of benzene rings is 2. The molecule has 1 aliphatic heterocycles. The first-order valence-corrected chi connectivity index (χ1v) is 8.21. The van der Waals surface area contributed by atoms with Crippen molar-refractivity contribution in [2.75, 3.05) is 13.2 Å². The van der Waals surface area contributed by atoms with Gasteiger partial charge in [0.15, 0.2) is 0 Å². The molecule has 1 aromatic heterocycles. The van der Waals surface area contributed by atoms with E-state index in [0.29, 0.717) is 31.8 Å². The van der Waals surface area contributed by atoms with Crippen LogP contribution in [0.2, 0.25) is 0 Å². The molecule has 0 N–H and O–H groups in total. The maximum absolute atomic E-state index is 13.1. The van der Waals surface area contributed by atoms with Gasteiger partial charge >= 0.3 is 0 Å². The van der Waals surface area contributed by atoms with E-state index in [2.05, 4.69) is 10.1 Å². The molecular formula is C19H18N4O2. The standard InChI is InChI=1S/C19H18N4O2/c24-19(22-9-10-25-18-8-4-2-6-16(18)11-22)17-7-3-1-5-15(17)12-23-14-20-13-21-23/h1-8,13-14H,9-12H2. The number of nitrogens with zero attached hydrogens (tertiary/aromatic N) is 4. The van der Waals surface area contributed by atoms with Crippen LogP contribution in [0.1, 0.15) is 21.5 Å². The number of carbonyl (C=O) groups is 1. The Bertz CT molecular complexity index is 877. The molecule has 2 aromatic carbocycles. The second kappa shape index (κ2) is 6.76. The third-order valence-electron chi connectivity index (χ3n) is 4.29. The van der Waals surface area contributed by atoms with Gasteiger partial charge in [-0.05, 0) is 17.7 Å². The van der Waals surface area contributed by atoms with Crippen molar-refractivity contribution in [2.45, 2.75) is 13.1 Å². The van der Waals surface area contributed by atoms with Gasteiger partial charge < -0.3 is 9.64 Å². The van der Waals surface area contributed by atoms with Crippen LogP contribution < -0.4 is 4.74 Å². The molecule has 3 aromatic rings. The van der Waals surface area contributed by atoms with Crippen molar-refractivity contribution < 1.29 is 9.53 Å².